The van der Waals surface area contributed by atoms with Gasteiger partial charge in [-0.2, -0.15) is 0 Å². The Morgan fingerprint density at radius 2 is 1.50 bits per heavy atom. The van der Waals surface area contributed by atoms with E-state index in [1.165, 1.54) is 16.7 Å². The van der Waals surface area contributed by atoms with Crippen LogP contribution in [0.3, 0.4) is 0 Å². The molecule has 1 nitrogen and oxygen atoms in total. The summed E-state index contributed by atoms with van der Waals surface area (Å²) in [4.78, 5) is 0. The molecular formula is C13H21N. The number of rotatable bonds is 4. The summed E-state index contributed by atoms with van der Waals surface area (Å²) in [6.07, 6.45) is 3.20. The van der Waals surface area contributed by atoms with Crippen molar-refractivity contribution in [3.05, 3.63) is 34.9 Å². The summed E-state index contributed by atoms with van der Waals surface area (Å²) in [5.41, 5.74) is 10.1. The first kappa shape index (κ1) is 11.3. The Balaban J connectivity index is 3.04. The molecule has 0 aliphatic rings. The molecule has 0 heterocycles. The second kappa shape index (κ2) is 5.16. The van der Waals surface area contributed by atoms with Gasteiger partial charge >= 0.3 is 0 Å². The Hall–Kier alpha value is -0.820. The molecule has 0 aliphatic heterocycles. The van der Waals surface area contributed by atoms with Crippen LogP contribution in [0.25, 0.3) is 0 Å². The van der Waals surface area contributed by atoms with Crippen molar-refractivity contribution < 1.29 is 0 Å². The van der Waals surface area contributed by atoms with E-state index < -0.39 is 0 Å². The van der Waals surface area contributed by atoms with Crippen molar-refractivity contribution in [2.24, 2.45) is 5.73 Å². The van der Waals surface area contributed by atoms with Crippen molar-refractivity contribution in [3.8, 4) is 0 Å². The van der Waals surface area contributed by atoms with Crippen molar-refractivity contribution in [1.82, 2.24) is 0 Å². The number of aryl methyl sites for hydroxylation is 2. The molecule has 0 fully saturated rings. The van der Waals surface area contributed by atoms with E-state index in [1.54, 1.807) is 0 Å². The van der Waals surface area contributed by atoms with Gasteiger partial charge in [0.15, 0.2) is 0 Å². The van der Waals surface area contributed by atoms with Crippen LogP contribution in [-0.2, 0) is 12.8 Å². The Bertz CT molecular complexity index is 269. The van der Waals surface area contributed by atoms with E-state index in [0.717, 1.165) is 19.3 Å². The Labute approximate surface area is 87.3 Å². The quantitative estimate of drug-likeness (QED) is 0.777. The van der Waals surface area contributed by atoms with E-state index in [4.69, 9.17) is 5.73 Å². The summed E-state index contributed by atoms with van der Waals surface area (Å²) in [7, 11) is 0. The first-order chi connectivity index (χ1) is 6.71. The van der Waals surface area contributed by atoms with Crippen LogP contribution in [0.1, 0.15) is 49.9 Å². The lowest BCUT2D eigenvalue weighted by Gasteiger charge is -2.12. The first-order valence-corrected chi connectivity index (χ1v) is 5.59. The van der Waals surface area contributed by atoms with Gasteiger partial charge in [-0.25, -0.2) is 0 Å². The molecule has 1 rings (SSSR count). The molecule has 0 saturated carbocycles. The molecule has 0 saturated heterocycles. The Kier molecular flexibility index (Phi) is 4.15. The molecule has 1 aromatic rings. The molecule has 0 aromatic heterocycles. The Morgan fingerprint density at radius 3 is 1.86 bits per heavy atom. The zero-order valence-electron chi connectivity index (χ0n) is 9.51. The predicted molar refractivity (Wildman–Crippen MR) is 62.4 cm³/mol. The maximum Gasteiger partial charge on any atom is 0.0292 e. The molecule has 0 spiro atoms. The Morgan fingerprint density at radius 1 is 1.00 bits per heavy atom. The van der Waals surface area contributed by atoms with E-state index in [1.807, 2.05) is 0 Å². The van der Waals surface area contributed by atoms with Gasteiger partial charge in [0.2, 0.25) is 0 Å². The third-order valence-corrected chi connectivity index (χ3v) is 2.76. The average molecular weight is 191 g/mol. The van der Waals surface area contributed by atoms with Crippen LogP contribution < -0.4 is 5.73 Å². The highest BCUT2D eigenvalue weighted by Crippen LogP contribution is 2.18. The van der Waals surface area contributed by atoms with Crippen LogP contribution in [0.5, 0.6) is 0 Å². The smallest absolute Gasteiger partial charge is 0.0292 e. The van der Waals surface area contributed by atoms with Crippen molar-refractivity contribution in [2.45, 2.75) is 46.1 Å². The highest BCUT2D eigenvalue weighted by atomic mass is 14.6. The molecule has 14 heavy (non-hydrogen) atoms. The molecule has 0 bridgehead atoms. The summed E-state index contributed by atoms with van der Waals surface area (Å²) in [5, 5.41) is 0. The van der Waals surface area contributed by atoms with Crippen molar-refractivity contribution >= 4 is 0 Å². The van der Waals surface area contributed by atoms with Gasteiger partial charge in [0.1, 0.15) is 0 Å². The highest BCUT2D eigenvalue weighted by molar-refractivity contribution is 5.32. The summed E-state index contributed by atoms with van der Waals surface area (Å²) < 4.78 is 0. The van der Waals surface area contributed by atoms with E-state index >= 15 is 0 Å². The van der Waals surface area contributed by atoms with Crippen molar-refractivity contribution in [1.29, 1.82) is 0 Å². The van der Waals surface area contributed by atoms with Gasteiger partial charge < -0.3 is 5.73 Å². The summed E-state index contributed by atoms with van der Waals surface area (Å²) >= 11 is 0. The van der Waals surface area contributed by atoms with E-state index in [0.29, 0.717) is 0 Å². The molecular weight excluding hydrogens is 170 g/mol. The van der Waals surface area contributed by atoms with Crippen LogP contribution >= 0.6 is 0 Å². The van der Waals surface area contributed by atoms with Crippen molar-refractivity contribution in [2.75, 3.05) is 0 Å². The van der Waals surface area contributed by atoms with E-state index in [-0.39, 0.29) is 6.04 Å². The van der Waals surface area contributed by atoms with Crippen LogP contribution in [0.15, 0.2) is 18.2 Å². The molecule has 1 aromatic carbocycles. The molecule has 1 unspecified atom stereocenters. The molecule has 1 atom stereocenters. The minimum Gasteiger partial charge on any atom is -0.324 e. The zero-order valence-corrected chi connectivity index (χ0v) is 9.51. The molecule has 0 amide bonds. The first-order valence-electron chi connectivity index (χ1n) is 5.59. The van der Waals surface area contributed by atoms with E-state index in [9.17, 15) is 0 Å². The second-order valence-corrected chi connectivity index (χ2v) is 3.80. The predicted octanol–water partition coefficient (Wildman–Crippen LogP) is 3.22. The summed E-state index contributed by atoms with van der Waals surface area (Å²) in [5.74, 6) is 0. The maximum absolute atomic E-state index is 6.04. The third kappa shape index (κ3) is 2.58. The topological polar surface area (TPSA) is 26.0 Å². The highest BCUT2D eigenvalue weighted by Gasteiger charge is 2.05. The fourth-order valence-electron chi connectivity index (χ4n) is 1.65. The molecule has 1 heteroatoms. The zero-order chi connectivity index (χ0) is 10.6. The normalized spacial score (nSPS) is 12.9. The van der Waals surface area contributed by atoms with Gasteiger partial charge in [-0.1, -0.05) is 39.0 Å². The number of nitrogens with two attached hydrogens (primary N) is 1. The van der Waals surface area contributed by atoms with Crippen LogP contribution in [0, 0.1) is 0 Å². The average Bonchev–Trinajstić information content (AvgIpc) is 2.27. The third-order valence-electron chi connectivity index (χ3n) is 2.76. The van der Waals surface area contributed by atoms with Crippen LogP contribution in [0.2, 0.25) is 0 Å². The van der Waals surface area contributed by atoms with Gasteiger partial charge in [0.05, 0.1) is 0 Å². The molecule has 0 aliphatic carbocycles. The maximum atomic E-state index is 6.04. The lowest BCUT2D eigenvalue weighted by molar-refractivity contribution is 0.696. The summed E-state index contributed by atoms with van der Waals surface area (Å²) in [6, 6.07) is 6.97. The summed E-state index contributed by atoms with van der Waals surface area (Å²) in [6.45, 7) is 6.51. The van der Waals surface area contributed by atoms with E-state index in [2.05, 4.69) is 39.0 Å². The van der Waals surface area contributed by atoms with Crippen LogP contribution in [0.4, 0.5) is 0 Å². The second-order valence-electron chi connectivity index (χ2n) is 3.80. The van der Waals surface area contributed by atoms with Gasteiger partial charge in [-0.05, 0) is 36.0 Å². The van der Waals surface area contributed by atoms with Gasteiger partial charge in [-0.3, -0.25) is 0 Å². The van der Waals surface area contributed by atoms with Crippen molar-refractivity contribution in [3.63, 3.8) is 0 Å². The standard InChI is InChI=1S/C13H21N/c1-4-10-7-11(5-2)9-12(8-10)13(14)6-3/h7-9,13H,4-6,14H2,1-3H3. The number of benzene rings is 1. The van der Waals surface area contributed by atoms with Gasteiger partial charge in [0, 0.05) is 6.04 Å². The fourth-order valence-corrected chi connectivity index (χ4v) is 1.65. The lowest BCUT2D eigenvalue weighted by Crippen LogP contribution is -2.09. The fraction of sp³-hybridized carbons (Fsp3) is 0.538. The largest absolute Gasteiger partial charge is 0.324 e. The monoisotopic (exact) mass is 191 g/mol. The molecule has 78 valence electrons. The number of hydrogen-bond donors (Lipinski definition) is 1. The van der Waals surface area contributed by atoms with Gasteiger partial charge in [-0.15, -0.1) is 0 Å². The lowest BCUT2D eigenvalue weighted by atomic mass is 9.97. The SMILES string of the molecule is CCc1cc(CC)cc(C(N)CC)c1. The molecule has 2 N–H and O–H groups in total. The van der Waals surface area contributed by atoms with Crippen LogP contribution in [-0.4, -0.2) is 0 Å². The minimum absolute atomic E-state index is 0.201. The molecule has 0 radical (unpaired) electrons. The minimum atomic E-state index is 0.201. The number of hydrogen-bond acceptors (Lipinski definition) is 1. The van der Waals surface area contributed by atoms with Gasteiger partial charge in [0.25, 0.3) is 0 Å².